The van der Waals surface area contributed by atoms with Gasteiger partial charge in [-0.3, -0.25) is 10.1 Å². The molecule has 0 fully saturated rings. The third-order valence-corrected chi connectivity index (χ3v) is 4.95. The summed E-state index contributed by atoms with van der Waals surface area (Å²) in [4.78, 5) is 27.8. The second-order valence-corrected chi connectivity index (χ2v) is 7.07. The van der Waals surface area contributed by atoms with Gasteiger partial charge in [-0.05, 0) is 24.3 Å². The number of nitrogens with one attached hydrogen (secondary N) is 1. The maximum Gasteiger partial charge on any atom is 0.336 e. The molecule has 0 aliphatic rings. The van der Waals surface area contributed by atoms with Gasteiger partial charge in [0.1, 0.15) is 11.3 Å². The lowest BCUT2D eigenvalue weighted by molar-refractivity contribution is -0.118. The monoisotopic (exact) mass is 412 g/mol. The first kappa shape index (κ1) is 18.2. The van der Waals surface area contributed by atoms with Crippen LogP contribution >= 0.6 is 22.9 Å². The molecule has 6 nitrogen and oxygen atoms in total. The van der Waals surface area contributed by atoms with Gasteiger partial charge in [-0.1, -0.05) is 29.8 Å². The first-order chi connectivity index (χ1) is 13.6. The fourth-order valence-corrected chi connectivity index (χ4v) is 3.52. The number of aromatic nitrogens is 1. The van der Waals surface area contributed by atoms with E-state index in [-0.39, 0.29) is 12.5 Å². The summed E-state index contributed by atoms with van der Waals surface area (Å²) in [5.74, 6) is 0.0718. The molecule has 4 rings (SSSR count). The zero-order chi connectivity index (χ0) is 19.5. The summed E-state index contributed by atoms with van der Waals surface area (Å²) in [6, 6.07) is 15.4. The van der Waals surface area contributed by atoms with Crippen molar-refractivity contribution >= 4 is 44.9 Å². The largest absolute Gasteiger partial charge is 0.484 e. The Hall–Kier alpha value is -3.16. The van der Waals surface area contributed by atoms with Crippen molar-refractivity contribution in [3.63, 3.8) is 0 Å². The van der Waals surface area contributed by atoms with Gasteiger partial charge in [0, 0.05) is 33.5 Å². The minimum atomic E-state index is -0.444. The molecule has 0 spiro atoms. The first-order valence-electron chi connectivity index (χ1n) is 8.25. The van der Waals surface area contributed by atoms with Crippen molar-refractivity contribution in [2.75, 3.05) is 11.9 Å². The third kappa shape index (κ3) is 4.05. The number of fused-ring (bicyclic) bond motifs is 1. The molecule has 0 unspecified atom stereocenters. The lowest BCUT2D eigenvalue weighted by Gasteiger charge is -2.06. The number of carbonyl (C=O) groups is 1. The number of amides is 1. The van der Waals surface area contributed by atoms with E-state index in [0.29, 0.717) is 27.2 Å². The molecule has 0 aliphatic carbocycles. The summed E-state index contributed by atoms with van der Waals surface area (Å²) in [5, 5.41) is 6.33. The molecule has 2 aromatic heterocycles. The van der Waals surface area contributed by atoms with Crippen molar-refractivity contribution in [3.05, 3.63) is 75.4 Å². The van der Waals surface area contributed by atoms with Gasteiger partial charge in [0.2, 0.25) is 0 Å². The molecule has 0 aliphatic heterocycles. The van der Waals surface area contributed by atoms with Crippen LogP contribution in [0, 0.1) is 0 Å². The average Bonchev–Trinajstić information content (AvgIpc) is 3.14. The number of nitrogens with zero attached hydrogens (tertiary/aromatic N) is 1. The quantitative estimate of drug-likeness (QED) is 0.485. The minimum Gasteiger partial charge on any atom is -0.484 e. The van der Waals surface area contributed by atoms with E-state index in [2.05, 4.69) is 10.3 Å². The normalized spacial score (nSPS) is 10.8. The van der Waals surface area contributed by atoms with E-state index in [1.165, 1.54) is 17.4 Å². The van der Waals surface area contributed by atoms with Crippen molar-refractivity contribution in [2.24, 2.45) is 0 Å². The number of halogens is 1. The van der Waals surface area contributed by atoms with Crippen molar-refractivity contribution in [3.8, 4) is 17.0 Å². The van der Waals surface area contributed by atoms with Crippen LogP contribution in [0.4, 0.5) is 5.13 Å². The first-order valence-corrected chi connectivity index (χ1v) is 9.51. The number of ether oxygens (including phenoxy) is 1. The maximum atomic E-state index is 12.1. The Morgan fingerprint density at radius 3 is 2.86 bits per heavy atom. The standard InChI is InChI=1S/C20H13ClN2O4S/c21-15-4-2-1-3-14(15)16-11-28-20(22-16)23-18(24)10-26-13-7-5-12-6-8-19(25)27-17(12)9-13/h1-9,11H,10H2,(H,22,23,24). The van der Waals surface area contributed by atoms with Gasteiger partial charge in [0.25, 0.3) is 5.91 Å². The summed E-state index contributed by atoms with van der Waals surface area (Å²) in [6.45, 7) is -0.205. The lowest BCUT2D eigenvalue weighted by atomic mass is 10.2. The van der Waals surface area contributed by atoms with Crippen molar-refractivity contribution in [1.82, 2.24) is 4.98 Å². The average molecular weight is 413 g/mol. The smallest absolute Gasteiger partial charge is 0.336 e. The van der Waals surface area contributed by atoms with Crippen LogP contribution in [0.25, 0.3) is 22.2 Å². The Morgan fingerprint density at radius 1 is 1.18 bits per heavy atom. The molecular weight excluding hydrogens is 400 g/mol. The van der Waals surface area contributed by atoms with Crippen LogP contribution < -0.4 is 15.7 Å². The Morgan fingerprint density at radius 2 is 2.00 bits per heavy atom. The zero-order valence-electron chi connectivity index (χ0n) is 14.3. The molecular formula is C20H13ClN2O4S. The molecule has 2 heterocycles. The SMILES string of the molecule is O=C(COc1ccc2ccc(=O)oc2c1)Nc1nc(-c2ccccc2Cl)cs1. The van der Waals surface area contributed by atoms with Gasteiger partial charge in [-0.15, -0.1) is 11.3 Å². The van der Waals surface area contributed by atoms with Crippen molar-refractivity contribution in [1.29, 1.82) is 0 Å². The molecule has 8 heteroatoms. The van der Waals surface area contributed by atoms with E-state index < -0.39 is 5.63 Å². The van der Waals surface area contributed by atoms with E-state index in [9.17, 15) is 9.59 Å². The molecule has 2 aromatic carbocycles. The molecule has 1 amide bonds. The Balaban J connectivity index is 1.40. The molecule has 0 radical (unpaired) electrons. The molecule has 0 saturated heterocycles. The molecule has 1 N–H and O–H groups in total. The van der Waals surface area contributed by atoms with Gasteiger partial charge in [-0.25, -0.2) is 9.78 Å². The highest BCUT2D eigenvalue weighted by Crippen LogP contribution is 2.30. The molecule has 0 saturated carbocycles. The highest BCUT2D eigenvalue weighted by molar-refractivity contribution is 7.14. The van der Waals surface area contributed by atoms with E-state index in [1.807, 2.05) is 23.6 Å². The van der Waals surface area contributed by atoms with E-state index >= 15 is 0 Å². The Labute approximate surface area is 168 Å². The number of thiazole rings is 1. The van der Waals surface area contributed by atoms with Crippen LogP contribution in [0.2, 0.25) is 5.02 Å². The van der Waals surface area contributed by atoms with Gasteiger partial charge < -0.3 is 9.15 Å². The molecule has 28 heavy (non-hydrogen) atoms. The summed E-state index contributed by atoms with van der Waals surface area (Å²) in [6.07, 6.45) is 0. The molecule has 140 valence electrons. The second kappa shape index (κ2) is 7.84. The summed E-state index contributed by atoms with van der Waals surface area (Å²) >= 11 is 7.47. The van der Waals surface area contributed by atoms with Crippen LogP contribution in [0.15, 0.2) is 69.2 Å². The van der Waals surface area contributed by atoms with Gasteiger partial charge >= 0.3 is 5.63 Å². The second-order valence-electron chi connectivity index (χ2n) is 5.81. The van der Waals surface area contributed by atoms with Crippen LogP contribution in [-0.2, 0) is 4.79 Å². The number of benzene rings is 2. The molecule has 0 bridgehead atoms. The van der Waals surface area contributed by atoms with E-state index in [4.69, 9.17) is 20.8 Å². The fourth-order valence-electron chi connectivity index (χ4n) is 2.56. The van der Waals surface area contributed by atoms with Gasteiger partial charge in [0.05, 0.1) is 5.69 Å². The molecule has 0 atom stereocenters. The van der Waals surface area contributed by atoms with E-state index in [1.54, 1.807) is 30.3 Å². The van der Waals surface area contributed by atoms with Crippen LogP contribution in [0.3, 0.4) is 0 Å². The Kier molecular flexibility index (Phi) is 5.10. The van der Waals surface area contributed by atoms with Crippen LogP contribution in [0.5, 0.6) is 5.75 Å². The fraction of sp³-hybridized carbons (Fsp3) is 0.0500. The summed E-state index contributed by atoms with van der Waals surface area (Å²) in [7, 11) is 0. The Bertz CT molecular complexity index is 1220. The lowest BCUT2D eigenvalue weighted by Crippen LogP contribution is -2.20. The van der Waals surface area contributed by atoms with Gasteiger partial charge in [-0.2, -0.15) is 0 Å². The number of carbonyl (C=O) groups excluding carboxylic acids is 1. The maximum absolute atomic E-state index is 12.1. The minimum absolute atomic E-state index is 0.205. The highest BCUT2D eigenvalue weighted by Gasteiger charge is 2.11. The number of rotatable bonds is 5. The number of hydrogen-bond donors (Lipinski definition) is 1. The predicted octanol–water partition coefficient (Wildman–Crippen LogP) is 4.59. The van der Waals surface area contributed by atoms with Crippen LogP contribution in [-0.4, -0.2) is 17.5 Å². The van der Waals surface area contributed by atoms with Crippen LogP contribution in [0.1, 0.15) is 0 Å². The van der Waals surface area contributed by atoms with Crippen molar-refractivity contribution in [2.45, 2.75) is 0 Å². The van der Waals surface area contributed by atoms with E-state index in [0.717, 1.165) is 10.9 Å². The third-order valence-electron chi connectivity index (χ3n) is 3.86. The predicted molar refractivity (Wildman–Crippen MR) is 109 cm³/mol. The zero-order valence-corrected chi connectivity index (χ0v) is 15.9. The summed E-state index contributed by atoms with van der Waals surface area (Å²) < 4.78 is 10.6. The highest BCUT2D eigenvalue weighted by atomic mass is 35.5. The number of hydrogen-bond acceptors (Lipinski definition) is 6. The topological polar surface area (TPSA) is 81.4 Å². The summed E-state index contributed by atoms with van der Waals surface area (Å²) in [5.41, 5.74) is 1.45. The van der Waals surface area contributed by atoms with Crippen molar-refractivity contribution < 1.29 is 13.9 Å². The molecule has 4 aromatic rings. The number of anilines is 1. The van der Waals surface area contributed by atoms with Gasteiger partial charge in [0.15, 0.2) is 11.7 Å².